The van der Waals surface area contributed by atoms with Gasteiger partial charge in [0.05, 0.1) is 26.7 Å². The van der Waals surface area contributed by atoms with E-state index in [9.17, 15) is 4.79 Å². The van der Waals surface area contributed by atoms with E-state index in [1.165, 1.54) is 7.11 Å². The molecule has 1 heterocycles. The van der Waals surface area contributed by atoms with Crippen molar-refractivity contribution < 1.29 is 19.0 Å². The standard InChI is InChI=1S/C14H17ClO4/c1-17-14(16)7-10-9-19-13-8-11(3-4-12(10)13)18-6-2-5-15/h3-4,8,10H,2,5-7,9H2,1H3. The van der Waals surface area contributed by atoms with Crippen LogP contribution in [-0.4, -0.2) is 32.2 Å². The smallest absolute Gasteiger partial charge is 0.306 e. The molecule has 0 bridgehead atoms. The van der Waals surface area contributed by atoms with Gasteiger partial charge in [-0.3, -0.25) is 4.79 Å². The lowest BCUT2D eigenvalue weighted by Gasteiger charge is -2.08. The molecule has 1 aromatic rings. The summed E-state index contributed by atoms with van der Waals surface area (Å²) in [5, 5.41) is 0. The molecule has 1 aromatic carbocycles. The van der Waals surface area contributed by atoms with E-state index in [1.807, 2.05) is 18.2 Å². The Bertz CT molecular complexity index is 447. The molecule has 2 rings (SSSR count). The number of fused-ring (bicyclic) bond motifs is 1. The topological polar surface area (TPSA) is 44.8 Å². The maximum atomic E-state index is 11.3. The first-order valence-corrected chi connectivity index (χ1v) is 6.80. The summed E-state index contributed by atoms with van der Waals surface area (Å²) in [7, 11) is 1.40. The third-order valence-electron chi connectivity index (χ3n) is 3.05. The number of rotatable bonds is 6. The first-order valence-electron chi connectivity index (χ1n) is 6.27. The van der Waals surface area contributed by atoms with Crippen LogP contribution in [0, 0.1) is 0 Å². The number of hydrogen-bond donors (Lipinski definition) is 0. The van der Waals surface area contributed by atoms with Crippen molar-refractivity contribution in [3.8, 4) is 11.5 Å². The third-order valence-corrected chi connectivity index (χ3v) is 3.32. The number of benzene rings is 1. The van der Waals surface area contributed by atoms with E-state index in [0.29, 0.717) is 25.5 Å². The average Bonchev–Trinajstić information content (AvgIpc) is 2.81. The van der Waals surface area contributed by atoms with Crippen LogP contribution >= 0.6 is 11.6 Å². The van der Waals surface area contributed by atoms with E-state index in [1.54, 1.807) is 0 Å². The Labute approximate surface area is 117 Å². The summed E-state index contributed by atoms with van der Waals surface area (Å²) in [6.45, 7) is 1.10. The number of carbonyl (C=O) groups is 1. The lowest BCUT2D eigenvalue weighted by atomic mass is 9.98. The van der Waals surface area contributed by atoms with Gasteiger partial charge in [-0.05, 0) is 12.5 Å². The van der Waals surface area contributed by atoms with E-state index in [2.05, 4.69) is 4.74 Å². The Morgan fingerprint density at radius 3 is 3.11 bits per heavy atom. The molecular weight excluding hydrogens is 268 g/mol. The summed E-state index contributed by atoms with van der Waals surface area (Å²) in [6.07, 6.45) is 1.15. The molecule has 1 atom stereocenters. The quantitative estimate of drug-likeness (QED) is 0.458. The van der Waals surface area contributed by atoms with Gasteiger partial charge >= 0.3 is 5.97 Å². The monoisotopic (exact) mass is 284 g/mol. The van der Waals surface area contributed by atoms with E-state index < -0.39 is 0 Å². The van der Waals surface area contributed by atoms with Gasteiger partial charge in [0, 0.05) is 23.4 Å². The second-order valence-corrected chi connectivity index (χ2v) is 4.76. The van der Waals surface area contributed by atoms with Gasteiger partial charge in [-0.25, -0.2) is 0 Å². The molecule has 4 nitrogen and oxygen atoms in total. The van der Waals surface area contributed by atoms with Crippen LogP contribution in [0.2, 0.25) is 0 Å². The second kappa shape index (κ2) is 6.66. The average molecular weight is 285 g/mol. The van der Waals surface area contributed by atoms with Gasteiger partial charge < -0.3 is 14.2 Å². The third kappa shape index (κ3) is 3.53. The van der Waals surface area contributed by atoms with Crippen LogP contribution in [-0.2, 0) is 9.53 Å². The number of ether oxygens (including phenoxy) is 3. The minimum atomic E-state index is -0.219. The zero-order valence-corrected chi connectivity index (χ0v) is 11.6. The molecular formula is C14H17ClO4. The van der Waals surface area contributed by atoms with Gasteiger partial charge in [-0.2, -0.15) is 0 Å². The van der Waals surface area contributed by atoms with Crippen LogP contribution in [0.3, 0.4) is 0 Å². The lowest BCUT2D eigenvalue weighted by molar-refractivity contribution is -0.141. The normalized spacial score (nSPS) is 16.6. The fraction of sp³-hybridized carbons (Fsp3) is 0.500. The predicted octanol–water partition coefficient (Wildman–Crippen LogP) is 2.73. The largest absolute Gasteiger partial charge is 0.493 e. The summed E-state index contributed by atoms with van der Waals surface area (Å²) in [5.74, 6) is 1.99. The summed E-state index contributed by atoms with van der Waals surface area (Å²) in [6, 6.07) is 5.71. The Morgan fingerprint density at radius 2 is 2.37 bits per heavy atom. The number of halogens is 1. The van der Waals surface area contributed by atoms with Gasteiger partial charge in [-0.15, -0.1) is 11.6 Å². The molecule has 0 radical (unpaired) electrons. The summed E-state index contributed by atoms with van der Waals surface area (Å²) in [5.41, 5.74) is 1.04. The second-order valence-electron chi connectivity index (χ2n) is 4.38. The van der Waals surface area contributed by atoms with Crippen molar-refractivity contribution in [3.63, 3.8) is 0 Å². The summed E-state index contributed by atoms with van der Waals surface area (Å²) >= 11 is 5.59. The molecule has 0 N–H and O–H groups in total. The van der Waals surface area contributed by atoms with Crippen LogP contribution in [0.4, 0.5) is 0 Å². The molecule has 19 heavy (non-hydrogen) atoms. The number of hydrogen-bond acceptors (Lipinski definition) is 4. The number of esters is 1. The highest BCUT2D eigenvalue weighted by Gasteiger charge is 2.27. The highest BCUT2D eigenvalue weighted by Crippen LogP contribution is 2.38. The van der Waals surface area contributed by atoms with E-state index in [0.717, 1.165) is 23.5 Å². The Kier molecular flexibility index (Phi) is 4.91. The van der Waals surface area contributed by atoms with Crippen molar-refractivity contribution in [2.45, 2.75) is 18.8 Å². The van der Waals surface area contributed by atoms with E-state index in [-0.39, 0.29) is 11.9 Å². The molecule has 0 saturated carbocycles. The molecule has 1 unspecified atom stereocenters. The molecule has 104 valence electrons. The maximum absolute atomic E-state index is 11.3. The predicted molar refractivity (Wildman–Crippen MR) is 72.1 cm³/mol. The van der Waals surface area contributed by atoms with Crippen LogP contribution in [0.25, 0.3) is 0 Å². The number of methoxy groups -OCH3 is 1. The fourth-order valence-corrected chi connectivity index (χ4v) is 2.15. The Morgan fingerprint density at radius 1 is 1.53 bits per heavy atom. The van der Waals surface area contributed by atoms with Crippen molar-refractivity contribution in [1.82, 2.24) is 0 Å². The van der Waals surface area contributed by atoms with Gasteiger partial charge in [0.1, 0.15) is 11.5 Å². The molecule has 0 fully saturated rings. The van der Waals surface area contributed by atoms with Crippen molar-refractivity contribution in [3.05, 3.63) is 23.8 Å². The van der Waals surface area contributed by atoms with Gasteiger partial charge in [-0.1, -0.05) is 6.07 Å². The SMILES string of the molecule is COC(=O)CC1COc2cc(OCCCCl)ccc21. The van der Waals surface area contributed by atoms with Gasteiger partial charge in [0.2, 0.25) is 0 Å². The minimum Gasteiger partial charge on any atom is -0.493 e. The van der Waals surface area contributed by atoms with E-state index in [4.69, 9.17) is 21.1 Å². The number of carbonyl (C=O) groups excluding carboxylic acids is 1. The van der Waals surface area contributed by atoms with Crippen molar-refractivity contribution in [2.75, 3.05) is 26.2 Å². The first kappa shape index (κ1) is 14.0. The zero-order valence-electron chi connectivity index (χ0n) is 10.9. The Balaban J connectivity index is 2.01. The van der Waals surface area contributed by atoms with Crippen molar-refractivity contribution in [2.24, 2.45) is 0 Å². The van der Waals surface area contributed by atoms with Crippen LogP contribution < -0.4 is 9.47 Å². The fourth-order valence-electron chi connectivity index (χ4n) is 2.04. The molecule has 0 spiro atoms. The molecule has 0 aliphatic carbocycles. The minimum absolute atomic E-state index is 0.0688. The zero-order chi connectivity index (χ0) is 13.7. The number of alkyl halides is 1. The van der Waals surface area contributed by atoms with E-state index >= 15 is 0 Å². The highest BCUT2D eigenvalue weighted by atomic mass is 35.5. The molecule has 1 aliphatic rings. The van der Waals surface area contributed by atoms with Crippen LogP contribution in [0.5, 0.6) is 11.5 Å². The van der Waals surface area contributed by atoms with Gasteiger partial charge in [0.25, 0.3) is 0 Å². The lowest BCUT2D eigenvalue weighted by Crippen LogP contribution is -2.09. The Hall–Kier alpha value is -1.42. The van der Waals surface area contributed by atoms with Crippen molar-refractivity contribution >= 4 is 17.6 Å². The molecule has 0 amide bonds. The molecule has 1 aliphatic heterocycles. The van der Waals surface area contributed by atoms with Crippen LogP contribution in [0.1, 0.15) is 24.3 Å². The van der Waals surface area contributed by atoms with Crippen LogP contribution in [0.15, 0.2) is 18.2 Å². The summed E-state index contributed by atoms with van der Waals surface area (Å²) < 4.78 is 15.8. The summed E-state index contributed by atoms with van der Waals surface area (Å²) in [4.78, 5) is 11.3. The van der Waals surface area contributed by atoms with Crippen molar-refractivity contribution in [1.29, 1.82) is 0 Å². The first-order chi connectivity index (χ1) is 9.24. The molecule has 5 heteroatoms. The van der Waals surface area contributed by atoms with Gasteiger partial charge in [0.15, 0.2) is 0 Å². The molecule has 0 aromatic heterocycles. The molecule has 0 saturated heterocycles. The maximum Gasteiger partial charge on any atom is 0.306 e. The highest BCUT2D eigenvalue weighted by molar-refractivity contribution is 6.17.